The van der Waals surface area contributed by atoms with Crippen LogP contribution in [0.5, 0.6) is 28.7 Å². The van der Waals surface area contributed by atoms with Crippen LogP contribution in [0.2, 0.25) is 0 Å². The first-order valence-corrected chi connectivity index (χ1v) is 11.7. The number of hydrogen-bond acceptors (Lipinski definition) is 10. The minimum atomic E-state index is -0.646. The maximum absolute atomic E-state index is 12.9. The molecule has 0 bridgehead atoms. The minimum absolute atomic E-state index is 0.0662. The zero-order valence-electron chi connectivity index (χ0n) is 21.5. The summed E-state index contributed by atoms with van der Waals surface area (Å²) in [5, 5.41) is 17.4. The van der Waals surface area contributed by atoms with E-state index in [1.807, 2.05) is 0 Å². The third-order valence-electron chi connectivity index (χ3n) is 5.35. The molecule has 3 heterocycles. The Kier molecular flexibility index (Phi) is 8.56. The van der Waals surface area contributed by atoms with E-state index in [-0.39, 0.29) is 24.6 Å². The number of carbonyl (C=O) groups is 1. The number of aliphatic hydroxyl groups excluding tert-OH is 1. The van der Waals surface area contributed by atoms with Gasteiger partial charge in [-0.15, -0.1) is 0 Å². The number of benzene rings is 1. The van der Waals surface area contributed by atoms with E-state index in [1.54, 1.807) is 71.0 Å². The van der Waals surface area contributed by atoms with E-state index in [2.05, 4.69) is 20.4 Å². The molecule has 12 heteroatoms. The maximum atomic E-state index is 12.9. The van der Waals surface area contributed by atoms with Crippen LogP contribution in [0.15, 0.2) is 48.9 Å². The topological polar surface area (TPSA) is 139 Å². The van der Waals surface area contributed by atoms with Crippen molar-refractivity contribution in [1.82, 2.24) is 19.7 Å². The molecular formula is C26H29N5O7. The summed E-state index contributed by atoms with van der Waals surface area (Å²) >= 11 is 0. The normalized spacial score (nSPS) is 11.7. The highest BCUT2D eigenvalue weighted by atomic mass is 16.5. The SMILES string of the molecule is COCCOc1cn(CC(C)O)nc1C(=O)Nc1ccc(Oc2ccnc3cc(OC)c(OC)cc23)cn1. The Labute approximate surface area is 219 Å². The third-order valence-corrected chi connectivity index (χ3v) is 5.35. The standard InChI is InChI=1S/C26H29N5O7/c1-16(32)14-31-15-23(37-10-9-34-2)25(30-31)26(33)29-24-6-5-17(13-28-24)38-20-7-8-27-19-12-22(36-4)21(35-3)11-18(19)20/h5-8,11-13,15-16,32H,9-10,14H2,1-4H3,(H,28,29,33). The molecule has 38 heavy (non-hydrogen) atoms. The van der Waals surface area contributed by atoms with Crippen molar-refractivity contribution in [2.24, 2.45) is 0 Å². The molecule has 0 fully saturated rings. The number of anilines is 1. The van der Waals surface area contributed by atoms with Crippen molar-refractivity contribution >= 4 is 22.6 Å². The minimum Gasteiger partial charge on any atom is -0.493 e. The molecular weight excluding hydrogens is 494 g/mol. The van der Waals surface area contributed by atoms with Gasteiger partial charge in [-0.25, -0.2) is 4.98 Å². The number of aliphatic hydroxyl groups is 1. The summed E-state index contributed by atoms with van der Waals surface area (Å²) in [5.41, 5.74) is 0.743. The van der Waals surface area contributed by atoms with Gasteiger partial charge in [-0.1, -0.05) is 0 Å². The lowest BCUT2D eigenvalue weighted by Crippen LogP contribution is -2.17. The second-order valence-electron chi connectivity index (χ2n) is 8.22. The van der Waals surface area contributed by atoms with Gasteiger partial charge in [0.1, 0.15) is 23.9 Å². The van der Waals surface area contributed by atoms with E-state index < -0.39 is 12.0 Å². The quantitative estimate of drug-likeness (QED) is 0.266. The predicted molar refractivity (Wildman–Crippen MR) is 138 cm³/mol. The van der Waals surface area contributed by atoms with Gasteiger partial charge >= 0.3 is 0 Å². The van der Waals surface area contributed by atoms with E-state index in [0.717, 1.165) is 5.39 Å². The molecule has 0 radical (unpaired) electrons. The van der Waals surface area contributed by atoms with Crippen molar-refractivity contribution in [2.75, 3.05) is 39.9 Å². The fourth-order valence-electron chi connectivity index (χ4n) is 3.62. The highest BCUT2D eigenvalue weighted by Crippen LogP contribution is 2.36. The summed E-state index contributed by atoms with van der Waals surface area (Å²) < 4.78 is 28.9. The summed E-state index contributed by atoms with van der Waals surface area (Å²) in [6.45, 7) is 2.42. The molecule has 1 aromatic carbocycles. The van der Waals surface area contributed by atoms with Crippen molar-refractivity contribution in [2.45, 2.75) is 19.6 Å². The maximum Gasteiger partial charge on any atom is 0.281 e. The number of carbonyl (C=O) groups excluding carboxylic acids is 1. The van der Waals surface area contributed by atoms with Gasteiger partial charge in [-0.05, 0) is 31.2 Å². The molecule has 3 aromatic heterocycles. The van der Waals surface area contributed by atoms with Gasteiger partial charge in [0.05, 0.1) is 51.4 Å². The number of nitrogens with one attached hydrogen (secondary N) is 1. The van der Waals surface area contributed by atoms with Crippen LogP contribution < -0.4 is 24.3 Å². The monoisotopic (exact) mass is 523 g/mol. The van der Waals surface area contributed by atoms with Gasteiger partial charge in [0.15, 0.2) is 22.9 Å². The van der Waals surface area contributed by atoms with Crippen LogP contribution in [0.3, 0.4) is 0 Å². The zero-order chi connectivity index (χ0) is 27.1. The number of ether oxygens (including phenoxy) is 5. The lowest BCUT2D eigenvalue weighted by Gasteiger charge is -2.12. The average Bonchev–Trinajstić information content (AvgIpc) is 3.31. The lowest BCUT2D eigenvalue weighted by atomic mass is 10.2. The van der Waals surface area contributed by atoms with E-state index in [0.29, 0.717) is 40.9 Å². The van der Waals surface area contributed by atoms with E-state index in [9.17, 15) is 9.90 Å². The Morgan fingerprint density at radius 2 is 1.82 bits per heavy atom. The molecule has 1 atom stereocenters. The smallest absolute Gasteiger partial charge is 0.281 e. The van der Waals surface area contributed by atoms with Crippen LogP contribution >= 0.6 is 0 Å². The van der Waals surface area contributed by atoms with Crippen molar-refractivity contribution in [3.05, 3.63) is 54.6 Å². The first kappa shape index (κ1) is 26.6. The van der Waals surface area contributed by atoms with Crippen molar-refractivity contribution < 1.29 is 33.6 Å². The predicted octanol–water partition coefficient (Wildman–Crippen LogP) is 3.29. The Morgan fingerprint density at radius 3 is 2.50 bits per heavy atom. The number of nitrogens with zero attached hydrogens (tertiary/aromatic N) is 4. The Balaban J connectivity index is 1.49. The lowest BCUT2D eigenvalue weighted by molar-refractivity contribution is 0.101. The van der Waals surface area contributed by atoms with Gasteiger partial charge in [-0.2, -0.15) is 5.10 Å². The highest BCUT2D eigenvalue weighted by Gasteiger charge is 2.20. The number of amides is 1. The van der Waals surface area contributed by atoms with Crippen LogP contribution in [-0.2, 0) is 11.3 Å². The number of hydrogen-bond donors (Lipinski definition) is 2. The van der Waals surface area contributed by atoms with Gasteiger partial charge in [0.2, 0.25) is 0 Å². The van der Waals surface area contributed by atoms with Crippen LogP contribution in [0.25, 0.3) is 10.9 Å². The zero-order valence-corrected chi connectivity index (χ0v) is 21.5. The van der Waals surface area contributed by atoms with Crippen LogP contribution in [0.4, 0.5) is 5.82 Å². The first-order valence-electron chi connectivity index (χ1n) is 11.7. The molecule has 1 unspecified atom stereocenters. The molecule has 2 N–H and O–H groups in total. The Morgan fingerprint density at radius 1 is 1.03 bits per heavy atom. The van der Waals surface area contributed by atoms with Gasteiger partial charge in [0.25, 0.3) is 5.91 Å². The van der Waals surface area contributed by atoms with Crippen molar-refractivity contribution in [1.29, 1.82) is 0 Å². The summed E-state index contributed by atoms with van der Waals surface area (Å²) in [4.78, 5) is 21.6. The molecule has 0 saturated heterocycles. The summed E-state index contributed by atoms with van der Waals surface area (Å²) in [7, 11) is 4.67. The third kappa shape index (κ3) is 6.28. The molecule has 0 saturated carbocycles. The Bertz CT molecular complexity index is 1390. The summed E-state index contributed by atoms with van der Waals surface area (Å²) in [5.74, 6) is 2.18. The molecule has 0 aliphatic rings. The molecule has 1 amide bonds. The van der Waals surface area contributed by atoms with Crippen LogP contribution in [-0.4, -0.2) is 71.4 Å². The van der Waals surface area contributed by atoms with Gasteiger partial charge in [-0.3, -0.25) is 14.5 Å². The van der Waals surface area contributed by atoms with Crippen molar-refractivity contribution in [3.8, 4) is 28.7 Å². The summed E-state index contributed by atoms with van der Waals surface area (Å²) in [6, 6.07) is 8.59. The molecule has 200 valence electrons. The average molecular weight is 524 g/mol. The second kappa shape index (κ2) is 12.2. The molecule has 4 aromatic rings. The number of pyridine rings is 2. The largest absolute Gasteiger partial charge is 0.493 e. The number of methoxy groups -OCH3 is 3. The van der Waals surface area contributed by atoms with Gasteiger partial charge < -0.3 is 34.1 Å². The highest BCUT2D eigenvalue weighted by molar-refractivity contribution is 6.04. The molecule has 0 spiro atoms. The van der Waals surface area contributed by atoms with Crippen molar-refractivity contribution in [3.63, 3.8) is 0 Å². The van der Waals surface area contributed by atoms with E-state index in [1.165, 1.54) is 10.9 Å². The molecule has 4 rings (SSSR count). The number of fused-ring (bicyclic) bond motifs is 1. The summed E-state index contributed by atoms with van der Waals surface area (Å²) in [6.07, 6.45) is 4.04. The van der Waals surface area contributed by atoms with Gasteiger partial charge in [0, 0.05) is 24.8 Å². The molecule has 12 nitrogen and oxygen atoms in total. The first-order chi connectivity index (χ1) is 18.4. The second-order valence-corrected chi connectivity index (χ2v) is 8.22. The molecule has 0 aliphatic heterocycles. The molecule has 0 aliphatic carbocycles. The number of rotatable bonds is 12. The van der Waals surface area contributed by atoms with Crippen LogP contribution in [0, 0.1) is 0 Å². The van der Waals surface area contributed by atoms with E-state index >= 15 is 0 Å². The van der Waals surface area contributed by atoms with E-state index in [4.69, 9.17) is 23.7 Å². The van der Waals surface area contributed by atoms with Crippen LogP contribution in [0.1, 0.15) is 17.4 Å². The Hall–Kier alpha value is -4.42. The fraction of sp³-hybridized carbons (Fsp3) is 0.308. The fourth-order valence-corrected chi connectivity index (χ4v) is 3.62. The number of aromatic nitrogens is 4.